The van der Waals surface area contributed by atoms with Gasteiger partial charge in [0.25, 0.3) is 0 Å². The second-order valence-corrected chi connectivity index (χ2v) is 5.17. The zero-order chi connectivity index (χ0) is 13.1. The molecule has 0 saturated heterocycles. The number of aromatic nitrogens is 3. The maximum absolute atomic E-state index is 9.30. The Morgan fingerprint density at radius 3 is 2.68 bits per heavy atom. The highest BCUT2D eigenvalue weighted by atomic mass is 16.3. The zero-order valence-corrected chi connectivity index (χ0v) is 11.0. The van der Waals surface area contributed by atoms with E-state index in [9.17, 15) is 5.11 Å². The summed E-state index contributed by atoms with van der Waals surface area (Å²) in [6, 6.07) is 10.5. The fourth-order valence-corrected chi connectivity index (χ4v) is 2.51. The third kappa shape index (κ3) is 2.84. The van der Waals surface area contributed by atoms with Crippen LogP contribution in [0.2, 0.25) is 0 Å². The Kier molecular flexibility index (Phi) is 3.60. The standard InChI is InChI=1S/C15H19N3O/c19-11-14-15(13-8-9-13)18(17-16-14)10-4-7-12-5-2-1-3-6-12/h1-3,5-6,13,19H,4,7-11H2. The molecule has 0 aliphatic heterocycles. The van der Waals surface area contributed by atoms with Gasteiger partial charge in [-0.2, -0.15) is 0 Å². The van der Waals surface area contributed by atoms with Gasteiger partial charge >= 0.3 is 0 Å². The van der Waals surface area contributed by atoms with Gasteiger partial charge in [-0.15, -0.1) is 5.10 Å². The van der Waals surface area contributed by atoms with E-state index in [-0.39, 0.29) is 6.61 Å². The Hall–Kier alpha value is -1.68. The number of benzene rings is 1. The molecule has 2 aromatic rings. The second kappa shape index (κ2) is 5.53. The molecule has 4 nitrogen and oxygen atoms in total. The van der Waals surface area contributed by atoms with Crippen LogP contribution in [0.3, 0.4) is 0 Å². The SMILES string of the molecule is OCc1nnn(CCCc2ccccc2)c1C1CC1. The van der Waals surface area contributed by atoms with Crippen LogP contribution in [0.1, 0.15) is 42.1 Å². The van der Waals surface area contributed by atoms with Crippen LogP contribution < -0.4 is 0 Å². The molecule has 1 heterocycles. The fraction of sp³-hybridized carbons (Fsp3) is 0.467. The molecule has 0 atom stereocenters. The van der Waals surface area contributed by atoms with Crippen molar-refractivity contribution in [3.63, 3.8) is 0 Å². The summed E-state index contributed by atoms with van der Waals surface area (Å²) >= 11 is 0. The van der Waals surface area contributed by atoms with Crippen molar-refractivity contribution >= 4 is 0 Å². The largest absolute Gasteiger partial charge is 0.390 e. The monoisotopic (exact) mass is 257 g/mol. The molecule has 0 unspecified atom stereocenters. The summed E-state index contributed by atoms with van der Waals surface area (Å²) < 4.78 is 1.99. The maximum atomic E-state index is 9.30. The summed E-state index contributed by atoms with van der Waals surface area (Å²) in [7, 11) is 0. The van der Waals surface area contributed by atoms with E-state index in [0.29, 0.717) is 5.92 Å². The Balaban J connectivity index is 1.62. The molecule has 4 heteroatoms. The summed E-state index contributed by atoms with van der Waals surface area (Å²) in [5.74, 6) is 0.578. The van der Waals surface area contributed by atoms with Crippen LogP contribution >= 0.6 is 0 Å². The average molecular weight is 257 g/mol. The molecule has 0 spiro atoms. The van der Waals surface area contributed by atoms with Gasteiger partial charge in [-0.3, -0.25) is 0 Å². The first-order chi connectivity index (χ1) is 9.38. The van der Waals surface area contributed by atoms with Crippen LogP contribution in [-0.4, -0.2) is 20.1 Å². The number of aliphatic hydroxyl groups excluding tert-OH is 1. The van der Waals surface area contributed by atoms with Gasteiger partial charge in [0.15, 0.2) is 0 Å². The van der Waals surface area contributed by atoms with Gasteiger partial charge in [-0.25, -0.2) is 4.68 Å². The van der Waals surface area contributed by atoms with Crippen molar-refractivity contribution in [3.05, 3.63) is 47.3 Å². The number of aliphatic hydroxyl groups is 1. The molecule has 1 N–H and O–H groups in total. The van der Waals surface area contributed by atoms with Gasteiger partial charge in [0.1, 0.15) is 5.69 Å². The van der Waals surface area contributed by atoms with Gasteiger partial charge in [0.05, 0.1) is 12.3 Å². The van der Waals surface area contributed by atoms with E-state index in [1.807, 2.05) is 10.7 Å². The van der Waals surface area contributed by atoms with E-state index < -0.39 is 0 Å². The van der Waals surface area contributed by atoms with E-state index in [1.165, 1.54) is 18.4 Å². The second-order valence-electron chi connectivity index (χ2n) is 5.17. The smallest absolute Gasteiger partial charge is 0.112 e. The molecule has 1 fully saturated rings. The lowest BCUT2D eigenvalue weighted by molar-refractivity contribution is 0.275. The van der Waals surface area contributed by atoms with Crippen molar-refractivity contribution in [1.82, 2.24) is 15.0 Å². The van der Waals surface area contributed by atoms with E-state index >= 15 is 0 Å². The third-order valence-corrected chi connectivity index (χ3v) is 3.64. The molecule has 0 bridgehead atoms. The maximum Gasteiger partial charge on any atom is 0.112 e. The summed E-state index contributed by atoms with van der Waals surface area (Å²) in [5.41, 5.74) is 3.29. The van der Waals surface area contributed by atoms with Crippen LogP contribution in [0.25, 0.3) is 0 Å². The zero-order valence-electron chi connectivity index (χ0n) is 11.0. The normalized spacial score (nSPS) is 14.8. The number of hydrogen-bond acceptors (Lipinski definition) is 3. The molecule has 1 aromatic carbocycles. The molecule has 3 rings (SSSR count). The molecular weight excluding hydrogens is 238 g/mol. The van der Waals surface area contributed by atoms with Gasteiger partial charge < -0.3 is 5.11 Å². The molecule has 19 heavy (non-hydrogen) atoms. The number of aryl methyl sites for hydroxylation is 2. The van der Waals surface area contributed by atoms with Crippen molar-refractivity contribution in [2.75, 3.05) is 0 Å². The first-order valence-corrected chi connectivity index (χ1v) is 6.95. The molecule has 100 valence electrons. The summed E-state index contributed by atoms with van der Waals surface area (Å²) in [4.78, 5) is 0. The van der Waals surface area contributed by atoms with Crippen LogP contribution in [0.4, 0.5) is 0 Å². The number of nitrogens with zero attached hydrogens (tertiary/aromatic N) is 3. The number of rotatable bonds is 6. The van der Waals surface area contributed by atoms with Crippen LogP contribution in [0, 0.1) is 0 Å². The van der Waals surface area contributed by atoms with Crippen LogP contribution in [0.5, 0.6) is 0 Å². The minimum absolute atomic E-state index is 0.00448. The van der Waals surface area contributed by atoms with Gasteiger partial charge in [0, 0.05) is 12.5 Å². The molecule has 1 saturated carbocycles. The number of hydrogen-bond donors (Lipinski definition) is 1. The van der Waals surface area contributed by atoms with E-state index in [2.05, 4.69) is 34.6 Å². The third-order valence-electron chi connectivity index (χ3n) is 3.64. The minimum atomic E-state index is 0.00448. The lowest BCUT2D eigenvalue weighted by Crippen LogP contribution is -2.06. The Morgan fingerprint density at radius 2 is 2.00 bits per heavy atom. The average Bonchev–Trinajstić information content (AvgIpc) is 3.21. The van der Waals surface area contributed by atoms with Crippen molar-refractivity contribution in [2.24, 2.45) is 0 Å². The van der Waals surface area contributed by atoms with Crippen molar-refractivity contribution in [2.45, 2.75) is 44.8 Å². The lowest BCUT2D eigenvalue weighted by Gasteiger charge is -2.06. The van der Waals surface area contributed by atoms with E-state index in [0.717, 1.165) is 30.8 Å². The Bertz CT molecular complexity index is 532. The molecule has 1 aliphatic carbocycles. The molecule has 1 aromatic heterocycles. The van der Waals surface area contributed by atoms with Crippen molar-refractivity contribution in [3.8, 4) is 0 Å². The molecule has 0 amide bonds. The van der Waals surface area contributed by atoms with Gasteiger partial charge in [-0.05, 0) is 31.2 Å². The quantitative estimate of drug-likeness (QED) is 0.863. The summed E-state index contributed by atoms with van der Waals surface area (Å²) in [6.07, 6.45) is 4.52. The topological polar surface area (TPSA) is 50.9 Å². The minimum Gasteiger partial charge on any atom is -0.390 e. The molecular formula is C15H19N3O. The Morgan fingerprint density at radius 1 is 1.21 bits per heavy atom. The molecule has 1 aliphatic rings. The van der Waals surface area contributed by atoms with E-state index in [4.69, 9.17) is 0 Å². The highest BCUT2D eigenvalue weighted by Gasteiger charge is 2.30. The lowest BCUT2D eigenvalue weighted by atomic mass is 10.1. The predicted octanol–water partition coefficient (Wildman–Crippen LogP) is 2.28. The summed E-state index contributed by atoms with van der Waals surface area (Å²) in [5, 5.41) is 17.6. The first-order valence-electron chi connectivity index (χ1n) is 6.95. The van der Waals surface area contributed by atoms with E-state index in [1.54, 1.807) is 0 Å². The highest BCUT2D eigenvalue weighted by molar-refractivity contribution is 5.20. The van der Waals surface area contributed by atoms with Gasteiger partial charge in [0.2, 0.25) is 0 Å². The van der Waals surface area contributed by atoms with Gasteiger partial charge in [-0.1, -0.05) is 35.5 Å². The van der Waals surface area contributed by atoms with Crippen LogP contribution in [0.15, 0.2) is 30.3 Å². The molecule has 0 radical (unpaired) electrons. The summed E-state index contributed by atoms with van der Waals surface area (Å²) in [6.45, 7) is 0.887. The highest BCUT2D eigenvalue weighted by Crippen LogP contribution is 2.41. The fourth-order valence-electron chi connectivity index (χ4n) is 2.51. The van der Waals surface area contributed by atoms with Crippen LogP contribution in [-0.2, 0) is 19.6 Å². The van der Waals surface area contributed by atoms with Crippen molar-refractivity contribution in [1.29, 1.82) is 0 Å². The first kappa shape index (κ1) is 12.4. The predicted molar refractivity (Wildman–Crippen MR) is 72.7 cm³/mol. The van der Waals surface area contributed by atoms with Crippen molar-refractivity contribution < 1.29 is 5.11 Å². The Labute approximate surface area is 113 Å².